The van der Waals surface area contributed by atoms with Crippen molar-refractivity contribution in [1.29, 1.82) is 0 Å². The number of fused-ring (bicyclic) bond motifs is 4. The van der Waals surface area contributed by atoms with E-state index >= 15 is 0 Å². The molecule has 3 aliphatic heterocycles. The first-order chi connectivity index (χ1) is 21.7. The number of aliphatic hydroxyl groups excluding tert-OH is 2. The van der Waals surface area contributed by atoms with Gasteiger partial charge in [0.05, 0.1) is 25.9 Å². The number of rotatable bonds is 2. The molecule has 26 heteroatoms. The Hall–Kier alpha value is -3.64. The molecule has 0 amide bonds. The van der Waals surface area contributed by atoms with E-state index in [1.165, 1.54) is 0 Å². The number of hydrogen-bond donors (Lipinski definition) is 6. The molecule has 3 saturated heterocycles. The molecule has 0 spiro atoms. The first-order valence-electron chi connectivity index (χ1n) is 13.1. The summed E-state index contributed by atoms with van der Waals surface area (Å²) in [5.41, 5.74) is 9.11. The van der Waals surface area contributed by atoms with Gasteiger partial charge < -0.3 is 59.0 Å². The van der Waals surface area contributed by atoms with Crippen molar-refractivity contribution in [3.05, 3.63) is 33.4 Å². The van der Waals surface area contributed by atoms with E-state index in [1.807, 2.05) is 0 Å². The average Bonchev–Trinajstić information content (AvgIpc) is 3.72. The third-order valence-electron chi connectivity index (χ3n) is 7.36. The number of nitrogens with zero attached hydrogens (tertiary/aromatic N) is 6. The first kappa shape index (κ1) is 31.0. The van der Waals surface area contributed by atoms with E-state index in [4.69, 9.17) is 39.0 Å². The van der Waals surface area contributed by atoms with Crippen LogP contribution in [-0.2, 0) is 36.7 Å². The molecule has 0 aliphatic carbocycles. The van der Waals surface area contributed by atoms with Crippen molar-refractivity contribution < 1.29 is 56.7 Å². The van der Waals surface area contributed by atoms with Gasteiger partial charge in [-0.2, -0.15) is 9.97 Å². The number of phosphoric acid groups is 2. The quantitative estimate of drug-likeness (QED) is 0.108. The van der Waals surface area contributed by atoms with Gasteiger partial charge in [0.1, 0.15) is 36.6 Å². The zero-order valence-corrected chi connectivity index (χ0v) is 24.5. The third-order valence-corrected chi connectivity index (χ3v) is 9.30. The van der Waals surface area contributed by atoms with E-state index in [2.05, 4.69) is 29.9 Å². The van der Waals surface area contributed by atoms with E-state index in [-0.39, 0.29) is 34.2 Å². The van der Waals surface area contributed by atoms with Gasteiger partial charge in [-0.05, 0) is 0 Å². The lowest BCUT2D eigenvalue weighted by Gasteiger charge is -2.34. The predicted octanol–water partition coefficient (Wildman–Crippen LogP) is -4.31. The van der Waals surface area contributed by atoms with Gasteiger partial charge in [0.2, 0.25) is 11.9 Å². The van der Waals surface area contributed by atoms with Crippen LogP contribution in [0, 0.1) is 0 Å². The van der Waals surface area contributed by atoms with Gasteiger partial charge in [-0.15, -0.1) is 0 Å². The molecule has 3 fully saturated rings. The summed E-state index contributed by atoms with van der Waals surface area (Å²) >= 11 is 0. The Kier molecular flexibility index (Phi) is 7.39. The molecule has 0 saturated carbocycles. The summed E-state index contributed by atoms with van der Waals surface area (Å²) in [7, 11) is -10.7. The van der Waals surface area contributed by atoms with E-state index in [1.54, 1.807) is 0 Å². The van der Waals surface area contributed by atoms with E-state index < -0.39 is 89.1 Å². The molecule has 4 aromatic rings. The van der Waals surface area contributed by atoms with Gasteiger partial charge in [-0.25, -0.2) is 9.97 Å². The number of anilines is 2. The normalized spacial score (nSPS) is 37.1. The highest BCUT2D eigenvalue weighted by Crippen LogP contribution is 2.50. The molecule has 4 aromatic heterocycles. The maximum atomic E-state index is 13.0. The zero-order chi connectivity index (χ0) is 32.7. The molecule has 3 aliphatic rings. The lowest BCUT2D eigenvalue weighted by atomic mass is 10.1. The molecule has 6 unspecified atom stereocenters. The zero-order valence-electron chi connectivity index (χ0n) is 22.7. The molecule has 0 radical (unpaired) electrons. The fourth-order valence-electron chi connectivity index (χ4n) is 5.37. The van der Waals surface area contributed by atoms with Gasteiger partial charge >= 0.3 is 0 Å². The fourth-order valence-corrected chi connectivity index (χ4v) is 7.27. The highest BCUT2D eigenvalue weighted by molar-refractivity contribution is 7.46. The molecule has 0 bridgehead atoms. The predicted molar refractivity (Wildman–Crippen MR) is 142 cm³/mol. The summed E-state index contributed by atoms with van der Waals surface area (Å²) in [5.74, 6) is -0.598. The van der Waals surface area contributed by atoms with Gasteiger partial charge in [-0.1, -0.05) is 0 Å². The summed E-state index contributed by atoms with van der Waals surface area (Å²) in [6, 6.07) is 0. The van der Waals surface area contributed by atoms with Crippen LogP contribution in [0.1, 0.15) is 12.5 Å². The van der Waals surface area contributed by atoms with Crippen molar-refractivity contribution in [1.82, 2.24) is 39.0 Å². The summed E-state index contributed by atoms with van der Waals surface area (Å²) in [5, 5.41) is 22.1. The molecular weight excluding hydrogens is 666 g/mol. The minimum Gasteiger partial charge on any atom is -0.756 e. The molecule has 46 heavy (non-hydrogen) atoms. The highest BCUT2D eigenvalue weighted by atomic mass is 31.2. The average molecular weight is 688 g/mol. The lowest BCUT2D eigenvalue weighted by Crippen LogP contribution is -2.41. The number of aromatic nitrogens is 8. The van der Waals surface area contributed by atoms with Gasteiger partial charge in [0, 0.05) is 0 Å². The van der Waals surface area contributed by atoms with E-state index in [0.29, 0.717) is 0 Å². The largest absolute Gasteiger partial charge is 0.756 e. The summed E-state index contributed by atoms with van der Waals surface area (Å²) in [6.07, 6.45) is -11.5. The summed E-state index contributed by atoms with van der Waals surface area (Å²) < 4.78 is 59.6. The molecule has 10 atom stereocenters. The fraction of sp³-hybridized carbons (Fsp3) is 0.500. The number of nitrogens with two attached hydrogens (primary N) is 2. The number of hydrogen-bond acceptors (Lipinski definition) is 20. The monoisotopic (exact) mass is 688 g/mol. The third kappa shape index (κ3) is 5.33. The Morgan fingerprint density at radius 1 is 0.783 bits per heavy atom. The van der Waals surface area contributed by atoms with Crippen molar-refractivity contribution in [3.8, 4) is 0 Å². The van der Waals surface area contributed by atoms with Gasteiger partial charge in [0.25, 0.3) is 26.8 Å². The molecular formula is C20H22N10O14P2-2. The van der Waals surface area contributed by atoms with E-state index in [0.717, 1.165) is 21.8 Å². The van der Waals surface area contributed by atoms with Crippen molar-refractivity contribution in [2.75, 3.05) is 24.7 Å². The summed E-state index contributed by atoms with van der Waals surface area (Å²) in [6.45, 7) is -1.92. The van der Waals surface area contributed by atoms with Crippen LogP contribution in [0.3, 0.4) is 0 Å². The van der Waals surface area contributed by atoms with Crippen LogP contribution < -0.4 is 32.4 Å². The number of nitrogens with one attached hydrogen (secondary N) is 2. The van der Waals surface area contributed by atoms with Gasteiger partial charge in [-0.3, -0.25) is 37.8 Å². The number of aliphatic hydroxyl groups is 2. The molecule has 0 aromatic carbocycles. The molecule has 7 rings (SSSR count). The smallest absolute Gasteiger partial charge is 0.280 e. The Morgan fingerprint density at radius 3 is 1.57 bits per heavy atom. The summed E-state index contributed by atoms with van der Waals surface area (Å²) in [4.78, 5) is 70.5. The van der Waals surface area contributed by atoms with Crippen LogP contribution in [0.4, 0.5) is 11.9 Å². The van der Waals surface area contributed by atoms with Crippen molar-refractivity contribution in [3.63, 3.8) is 0 Å². The highest BCUT2D eigenvalue weighted by Gasteiger charge is 2.51. The molecule has 248 valence electrons. The number of ether oxygens (including phenoxy) is 2. The number of H-pyrrole nitrogens is 2. The Morgan fingerprint density at radius 2 is 1.17 bits per heavy atom. The maximum Gasteiger partial charge on any atom is 0.280 e. The van der Waals surface area contributed by atoms with Crippen LogP contribution >= 0.6 is 15.6 Å². The second-order valence-electron chi connectivity index (χ2n) is 10.3. The second kappa shape index (κ2) is 11.0. The van der Waals surface area contributed by atoms with Crippen LogP contribution in [0.25, 0.3) is 22.3 Å². The van der Waals surface area contributed by atoms with Crippen molar-refractivity contribution >= 4 is 49.9 Å². The van der Waals surface area contributed by atoms with Crippen LogP contribution in [0.15, 0.2) is 22.2 Å². The van der Waals surface area contributed by atoms with Crippen LogP contribution in [-0.4, -0.2) is 99.1 Å². The number of nitrogen functional groups attached to an aromatic ring is 2. The molecule has 7 heterocycles. The maximum absolute atomic E-state index is 13.0. The van der Waals surface area contributed by atoms with Crippen molar-refractivity contribution in [2.24, 2.45) is 0 Å². The standard InChI is InChI=1S/C20H24N10O14P2/c21-19-25-13-7(15(33)27-19)23-3-29(13)17-9(31)11-5(41-17)1-39-45(35,36)44-12-6(2-40-46(37,38)43-11)42-18(10(12)32)30-4-24-8-14(30)26-20(22)28-16(8)34/h3-6,9-12,17-18,31-32H,1-2H2,(H,35,36)(H,37,38)(H3,21,25,27,33)(H3,22,26,28,34)/p-2/t5-,6-,9?,10?,11?,12?,17-,18-/m1/s1. The van der Waals surface area contributed by atoms with E-state index in [9.17, 15) is 38.7 Å². The SMILES string of the molecule is Nc1nc2c(ncn2[C@@H]2O[C@@H]3COP(=O)([O-])OC4C(O)[C@H](n5cnc6c(=O)[nH]c(N)nc65)O[C@@H]4COP(=O)([O-])OC3C2O)c(=O)[nH]1. The number of aromatic amines is 2. The van der Waals surface area contributed by atoms with Crippen molar-refractivity contribution in [2.45, 2.75) is 49.1 Å². The topological polar surface area (TPSA) is 355 Å². The number of phosphoric ester groups is 2. The van der Waals surface area contributed by atoms with Crippen LogP contribution in [0.5, 0.6) is 0 Å². The number of imidazole rings is 2. The lowest BCUT2D eigenvalue weighted by molar-refractivity contribution is -0.244. The minimum absolute atomic E-state index is 0.149. The Bertz CT molecular complexity index is 1900. The molecule has 8 N–H and O–H groups in total. The Labute approximate surface area is 253 Å². The van der Waals surface area contributed by atoms with Crippen LogP contribution in [0.2, 0.25) is 0 Å². The second-order valence-corrected chi connectivity index (χ2v) is 13.0. The van der Waals surface area contributed by atoms with Gasteiger partial charge in [0.15, 0.2) is 34.8 Å². The first-order valence-corrected chi connectivity index (χ1v) is 16.0. The minimum atomic E-state index is -5.36. The molecule has 24 nitrogen and oxygen atoms in total. The Balaban J connectivity index is 1.18.